The molecule has 3 rings (SSSR count). The molecule has 0 aliphatic carbocycles. The molecule has 0 aliphatic heterocycles. The number of nitrogens with zero attached hydrogens (tertiary/aromatic N) is 3. The van der Waals surface area contributed by atoms with Crippen LogP contribution in [0.3, 0.4) is 0 Å². The normalized spacial score (nSPS) is 11.5. The van der Waals surface area contributed by atoms with Crippen LogP contribution in [0.4, 0.5) is 30.6 Å². The third kappa shape index (κ3) is 12.8. The van der Waals surface area contributed by atoms with Crippen molar-refractivity contribution in [2.24, 2.45) is 11.3 Å². The van der Waals surface area contributed by atoms with Crippen molar-refractivity contribution in [2.75, 3.05) is 36.9 Å². The number of carbonyl (C=O) groups excluding carboxylic acids is 3. The van der Waals surface area contributed by atoms with Gasteiger partial charge < -0.3 is 31.3 Å². The van der Waals surface area contributed by atoms with Crippen LogP contribution in [0.25, 0.3) is 0 Å². The lowest BCUT2D eigenvalue weighted by Gasteiger charge is -2.25. The van der Waals surface area contributed by atoms with Crippen molar-refractivity contribution in [3.05, 3.63) is 64.8 Å². The van der Waals surface area contributed by atoms with Crippen LogP contribution in [0.5, 0.6) is 6.01 Å². The van der Waals surface area contributed by atoms with Crippen LogP contribution >= 0.6 is 11.6 Å². The van der Waals surface area contributed by atoms with E-state index in [0.717, 1.165) is 5.56 Å². The molecule has 0 atom stereocenters. The molecular formula is C30H36ClF3N8O4. The van der Waals surface area contributed by atoms with Gasteiger partial charge in [0.1, 0.15) is 17.5 Å². The summed E-state index contributed by atoms with van der Waals surface area (Å²) in [5.74, 6) is -1.15. The quantitative estimate of drug-likeness (QED) is 0.157. The number of pyridine rings is 1. The maximum atomic E-state index is 12.8. The minimum atomic E-state index is -4.59. The predicted molar refractivity (Wildman–Crippen MR) is 167 cm³/mol. The highest BCUT2D eigenvalue weighted by Gasteiger charge is 2.29. The zero-order chi connectivity index (χ0) is 33.9. The highest BCUT2D eigenvalue weighted by atomic mass is 35.5. The van der Waals surface area contributed by atoms with E-state index in [1.165, 1.54) is 24.4 Å². The Bertz CT molecular complexity index is 1490. The van der Waals surface area contributed by atoms with Gasteiger partial charge in [0.25, 0.3) is 5.91 Å². The van der Waals surface area contributed by atoms with Crippen LogP contribution in [0.1, 0.15) is 43.6 Å². The summed E-state index contributed by atoms with van der Waals surface area (Å²) in [6.45, 7) is 6.90. The molecule has 0 fully saturated rings. The van der Waals surface area contributed by atoms with Crippen molar-refractivity contribution in [1.29, 1.82) is 0 Å². The topological polar surface area (TPSA) is 159 Å². The number of benzene rings is 1. The number of nitrogens with one attached hydrogen (secondary N) is 5. The van der Waals surface area contributed by atoms with Gasteiger partial charge in [0.05, 0.1) is 5.56 Å². The first-order chi connectivity index (χ1) is 21.6. The van der Waals surface area contributed by atoms with Crippen LogP contribution in [0, 0.1) is 11.3 Å². The van der Waals surface area contributed by atoms with Gasteiger partial charge in [0, 0.05) is 43.5 Å². The van der Waals surface area contributed by atoms with Crippen LogP contribution < -0.4 is 31.3 Å². The molecule has 0 unspecified atom stereocenters. The summed E-state index contributed by atoms with van der Waals surface area (Å²) in [6, 6.07) is 10.9. The van der Waals surface area contributed by atoms with E-state index in [2.05, 4.69) is 41.5 Å². The number of alkyl halides is 3. The Balaban J connectivity index is 1.59. The van der Waals surface area contributed by atoms with Crippen LogP contribution in [0.15, 0.2) is 48.7 Å². The Kier molecular flexibility index (Phi) is 12.5. The fourth-order valence-corrected chi connectivity index (χ4v) is 3.71. The molecule has 248 valence electrons. The Morgan fingerprint density at radius 2 is 1.54 bits per heavy atom. The first-order valence-electron chi connectivity index (χ1n) is 14.2. The van der Waals surface area contributed by atoms with Crippen molar-refractivity contribution in [2.45, 2.75) is 40.4 Å². The van der Waals surface area contributed by atoms with E-state index in [-0.39, 0.29) is 42.0 Å². The first kappa shape index (κ1) is 35.8. The van der Waals surface area contributed by atoms with Gasteiger partial charge in [-0.2, -0.15) is 23.1 Å². The summed E-state index contributed by atoms with van der Waals surface area (Å²) < 4.78 is 43.1. The Labute approximate surface area is 269 Å². The SMILES string of the molecule is CC(C)CNC(=O)C(=O)NCC(C)(C)CNC(=O)c1ccc(Nc2cc(NCc3ccc(Cl)cc3)nc(OCC(F)(F)F)n2)nc1. The van der Waals surface area contributed by atoms with E-state index in [9.17, 15) is 27.6 Å². The van der Waals surface area contributed by atoms with E-state index >= 15 is 0 Å². The van der Waals surface area contributed by atoms with Crippen molar-refractivity contribution in [3.8, 4) is 6.01 Å². The molecule has 0 aliphatic rings. The molecule has 5 N–H and O–H groups in total. The Morgan fingerprint density at radius 1 is 0.891 bits per heavy atom. The fourth-order valence-electron chi connectivity index (χ4n) is 3.58. The number of ether oxygens (including phenoxy) is 1. The zero-order valence-corrected chi connectivity index (χ0v) is 26.5. The molecule has 0 saturated heterocycles. The number of anilines is 3. The van der Waals surface area contributed by atoms with Crippen molar-refractivity contribution in [1.82, 2.24) is 30.9 Å². The average molecular weight is 665 g/mol. The zero-order valence-electron chi connectivity index (χ0n) is 25.7. The number of aromatic nitrogens is 3. The van der Waals surface area contributed by atoms with Crippen molar-refractivity contribution >= 4 is 46.8 Å². The molecule has 0 spiro atoms. The minimum absolute atomic E-state index is 0.0946. The molecule has 46 heavy (non-hydrogen) atoms. The molecule has 0 saturated carbocycles. The maximum absolute atomic E-state index is 12.8. The molecule has 2 aromatic heterocycles. The predicted octanol–water partition coefficient (Wildman–Crippen LogP) is 4.47. The Morgan fingerprint density at radius 3 is 2.17 bits per heavy atom. The Hall–Kier alpha value is -4.66. The van der Waals surface area contributed by atoms with E-state index < -0.39 is 41.9 Å². The summed E-state index contributed by atoms with van der Waals surface area (Å²) in [5.41, 5.74) is 0.515. The van der Waals surface area contributed by atoms with Gasteiger partial charge in [-0.3, -0.25) is 14.4 Å². The summed E-state index contributed by atoms with van der Waals surface area (Å²) in [4.78, 5) is 48.9. The van der Waals surface area contributed by atoms with Gasteiger partial charge in [-0.15, -0.1) is 0 Å². The average Bonchev–Trinajstić information content (AvgIpc) is 3.00. The number of amides is 3. The lowest BCUT2D eigenvalue weighted by molar-refractivity contribution is -0.154. The second kappa shape index (κ2) is 16.1. The van der Waals surface area contributed by atoms with Crippen LogP contribution in [0.2, 0.25) is 5.02 Å². The molecule has 0 radical (unpaired) electrons. The van der Waals surface area contributed by atoms with Gasteiger partial charge >= 0.3 is 24.0 Å². The highest BCUT2D eigenvalue weighted by molar-refractivity contribution is 6.35. The molecule has 16 heteroatoms. The maximum Gasteiger partial charge on any atom is 0.422 e. The van der Waals surface area contributed by atoms with E-state index in [4.69, 9.17) is 16.3 Å². The summed E-state index contributed by atoms with van der Waals surface area (Å²) in [6.07, 6.45) is -3.28. The molecule has 2 heterocycles. The van der Waals surface area contributed by atoms with Crippen LogP contribution in [-0.2, 0) is 16.1 Å². The number of rotatable bonds is 14. The van der Waals surface area contributed by atoms with Crippen molar-refractivity contribution < 1.29 is 32.3 Å². The van der Waals surface area contributed by atoms with Gasteiger partial charge in [-0.05, 0) is 41.2 Å². The molecule has 12 nitrogen and oxygen atoms in total. The number of carbonyl (C=O) groups is 3. The van der Waals surface area contributed by atoms with Gasteiger partial charge in [-0.25, -0.2) is 4.98 Å². The summed E-state index contributed by atoms with van der Waals surface area (Å²) in [5, 5.41) is 14.3. The molecule has 3 amide bonds. The lowest BCUT2D eigenvalue weighted by Crippen LogP contribution is -2.46. The molecule has 3 aromatic rings. The largest absolute Gasteiger partial charge is 0.454 e. The number of halogens is 4. The second-order valence-corrected chi connectivity index (χ2v) is 11.9. The van der Waals surface area contributed by atoms with Crippen LogP contribution in [-0.4, -0.2) is 65.1 Å². The summed E-state index contributed by atoms with van der Waals surface area (Å²) >= 11 is 5.91. The summed E-state index contributed by atoms with van der Waals surface area (Å²) in [7, 11) is 0. The van der Waals surface area contributed by atoms with E-state index in [1.54, 1.807) is 24.3 Å². The smallest absolute Gasteiger partial charge is 0.422 e. The van der Waals surface area contributed by atoms with E-state index in [0.29, 0.717) is 18.1 Å². The van der Waals surface area contributed by atoms with Gasteiger partial charge in [-0.1, -0.05) is 51.4 Å². The fraction of sp³-hybridized carbons (Fsp3) is 0.400. The number of hydrogen-bond acceptors (Lipinski definition) is 9. The van der Waals surface area contributed by atoms with E-state index in [1.807, 2.05) is 27.7 Å². The highest BCUT2D eigenvalue weighted by Crippen LogP contribution is 2.22. The van der Waals surface area contributed by atoms with Crippen molar-refractivity contribution in [3.63, 3.8) is 0 Å². The van der Waals surface area contributed by atoms with Gasteiger partial charge in [0.2, 0.25) is 0 Å². The number of hydrogen-bond donors (Lipinski definition) is 5. The second-order valence-electron chi connectivity index (χ2n) is 11.5. The molecule has 0 bridgehead atoms. The molecule has 1 aromatic carbocycles. The monoisotopic (exact) mass is 664 g/mol. The third-order valence-corrected chi connectivity index (χ3v) is 6.32. The first-order valence-corrected chi connectivity index (χ1v) is 14.6. The third-order valence-electron chi connectivity index (χ3n) is 6.07. The minimum Gasteiger partial charge on any atom is -0.454 e. The molecular weight excluding hydrogens is 629 g/mol. The van der Waals surface area contributed by atoms with Gasteiger partial charge in [0.15, 0.2) is 6.61 Å². The lowest BCUT2D eigenvalue weighted by atomic mass is 9.93. The standard InChI is InChI=1S/C30H36ClF3N8O4/c1-18(2)12-37-26(44)27(45)39-16-29(3,4)15-38-25(43)20-7-10-22(36-14-20)40-24-11-23(35-13-19-5-8-21(31)9-6-19)41-28(42-24)46-17-30(32,33)34/h5-11,14,18H,12-13,15-17H2,1-4H3,(H,37,44)(H,38,43)(H,39,45)(H2,35,36,40,41,42).